The summed E-state index contributed by atoms with van der Waals surface area (Å²) in [6, 6.07) is 4.28. The molecule has 0 saturated heterocycles. The molecule has 0 fully saturated rings. The van der Waals surface area contributed by atoms with Crippen LogP contribution in [0.2, 0.25) is 0 Å². The van der Waals surface area contributed by atoms with Crippen LogP contribution in [0.5, 0.6) is 5.75 Å². The molecule has 0 saturated carbocycles. The van der Waals surface area contributed by atoms with Crippen LogP contribution in [0.4, 0.5) is 0 Å². The van der Waals surface area contributed by atoms with Gasteiger partial charge in [0.2, 0.25) is 0 Å². The van der Waals surface area contributed by atoms with E-state index in [2.05, 4.69) is 65.6 Å². The van der Waals surface area contributed by atoms with Crippen molar-refractivity contribution in [2.75, 3.05) is 6.54 Å². The van der Waals surface area contributed by atoms with E-state index >= 15 is 0 Å². The van der Waals surface area contributed by atoms with Crippen LogP contribution >= 0.6 is 0 Å². The van der Waals surface area contributed by atoms with Crippen LogP contribution in [0.3, 0.4) is 0 Å². The van der Waals surface area contributed by atoms with Crippen molar-refractivity contribution in [3.63, 3.8) is 0 Å². The highest BCUT2D eigenvalue weighted by atomic mass is 16.3. The molecule has 1 aromatic rings. The maximum Gasteiger partial charge on any atom is 0.128 e. The van der Waals surface area contributed by atoms with Crippen molar-refractivity contribution in [3.8, 4) is 5.75 Å². The summed E-state index contributed by atoms with van der Waals surface area (Å²) >= 11 is 0. The van der Waals surface area contributed by atoms with Crippen molar-refractivity contribution < 1.29 is 5.11 Å². The molecular formula is C33H59NO. The Morgan fingerprint density at radius 2 is 1.06 bits per heavy atom. The molecule has 1 rings (SSSR count). The van der Waals surface area contributed by atoms with Crippen LogP contribution in [0, 0.1) is 0 Å². The van der Waals surface area contributed by atoms with Gasteiger partial charge in [-0.15, -0.1) is 0 Å². The summed E-state index contributed by atoms with van der Waals surface area (Å²) < 4.78 is 0. The highest BCUT2D eigenvalue weighted by Crippen LogP contribution is 2.37. The highest BCUT2D eigenvalue weighted by Gasteiger charge is 2.24. The lowest BCUT2D eigenvalue weighted by Crippen LogP contribution is -2.17. The number of phenolic OH excluding ortho intramolecular Hbond substituents is 1. The van der Waals surface area contributed by atoms with E-state index in [1.54, 1.807) is 0 Å². The highest BCUT2D eigenvalue weighted by molar-refractivity contribution is 5.85. The molecule has 0 bridgehead atoms. The number of unbranched alkanes of at least 4 members (excludes halogenated alkanes) is 15. The van der Waals surface area contributed by atoms with Crippen LogP contribution in [-0.2, 0) is 10.8 Å². The van der Waals surface area contributed by atoms with Crippen LogP contribution in [0.1, 0.15) is 168 Å². The summed E-state index contributed by atoms with van der Waals surface area (Å²) in [4.78, 5) is 4.67. The number of aliphatic imine (C=N–C) groups is 1. The predicted octanol–water partition coefficient (Wildman–Crippen LogP) is 10.7. The normalized spacial score (nSPS) is 12.7. The largest absolute Gasteiger partial charge is 0.507 e. The van der Waals surface area contributed by atoms with Crippen LogP contribution < -0.4 is 0 Å². The van der Waals surface area contributed by atoms with Crippen molar-refractivity contribution in [1.82, 2.24) is 0 Å². The Bertz CT molecular complexity index is 705. The first-order valence-electron chi connectivity index (χ1n) is 14.9. The van der Waals surface area contributed by atoms with Crippen LogP contribution in [0.15, 0.2) is 17.1 Å². The molecule has 0 aliphatic carbocycles. The number of benzene rings is 1. The average molecular weight is 486 g/mol. The first-order chi connectivity index (χ1) is 16.6. The monoisotopic (exact) mass is 485 g/mol. The summed E-state index contributed by atoms with van der Waals surface area (Å²) in [5.41, 5.74) is 3.07. The van der Waals surface area contributed by atoms with Gasteiger partial charge in [0.1, 0.15) is 5.75 Å². The molecule has 0 atom stereocenters. The Morgan fingerprint density at radius 1 is 0.629 bits per heavy atom. The van der Waals surface area contributed by atoms with E-state index in [9.17, 15) is 5.11 Å². The van der Waals surface area contributed by atoms with Gasteiger partial charge in [-0.05, 0) is 28.9 Å². The Kier molecular flexibility index (Phi) is 15.6. The molecule has 202 valence electrons. The van der Waals surface area contributed by atoms with Gasteiger partial charge in [-0.2, -0.15) is 0 Å². The van der Waals surface area contributed by atoms with Crippen molar-refractivity contribution in [3.05, 3.63) is 28.8 Å². The first-order valence-corrected chi connectivity index (χ1v) is 14.9. The fourth-order valence-corrected chi connectivity index (χ4v) is 4.67. The molecule has 0 amide bonds. The third-order valence-corrected chi connectivity index (χ3v) is 7.18. The van der Waals surface area contributed by atoms with Gasteiger partial charge in [0.25, 0.3) is 0 Å². The zero-order chi connectivity index (χ0) is 26.2. The number of nitrogens with zero attached hydrogens (tertiary/aromatic N) is 1. The molecule has 2 heteroatoms. The summed E-state index contributed by atoms with van der Waals surface area (Å²) in [5, 5.41) is 10.9. The summed E-state index contributed by atoms with van der Waals surface area (Å²) in [6.45, 7) is 16.3. The molecular weight excluding hydrogens is 426 g/mol. The Hall–Kier alpha value is -1.31. The van der Waals surface area contributed by atoms with Gasteiger partial charge in [-0.1, -0.05) is 151 Å². The molecule has 2 nitrogen and oxygen atoms in total. The molecule has 0 aliphatic rings. The summed E-state index contributed by atoms with van der Waals surface area (Å²) in [6.07, 6.45) is 24.1. The van der Waals surface area contributed by atoms with Gasteiger partial charge < -0.3 is 5.11 Å². The van der Waals surface area contributed by atoms with E-state index < -0.39 is 0 Å². The quantitative estimate of drug-likeness (QED) is 0.163. The lowest BCUT2D eigenvalue weighted by Gasteiger charge is -2.27. The lowest BCUT2D eigenvalue weighted by atomic mass is 9.79. The fourth-order valence-electron chi connectivity index (χ4n) is 4.67. The molecule has 0 unspecified atom stereocenters. The third kappa shape index (κ3) is 14.1. The Balaban J connectivity index is 2.19. The topological polar surface area (TPSA) is 32.6 Å². The third-order valence-electron chi connectivity index (χ3n) is 7.18. The minimum absolute atomic E-state index is 0.0458. The molecule has 0 heterocycles. The van der Waals surface area contributed by atoms with E-state index in [0.717, 1.165) is 24.1 Å². The number of rotatable bonds is 18. The lowest BCUT2D eigenvalue weighted by molar-refractivity contribution is 0.444. The van der Waals surface area contributed by atoms with Crippen LogP contribution in [0.25, 0.3) is 0 Å². The van der Waals surface area contributed by atoms with Gasteiger partial charge in [-0.25, -0.2) is 0 Å². The molecule has 0 spiro atoms. The van der Waals surface area contributed by atoms with Gasteiger partial charge in [0.05, 0.1) is 0 Å². The van der Waals surface area contributed by atoms with Gasteiger partial charge in [0.15, 0.2) is 0 Å². The number of phenols is 1. The zero-order valence-electron chi connectivity index (χ0n) is 24.6. The van der Waals surface area contributed by atoms with Crippen molar-refractivity contribution in [1.29, 1.82) is 0 Å². The van der Waals surface area contributed by atoms with Gasteiger partial charge in [0, 0.05) is 23.9 Å². The minimum atomic E-state index is -0.0954. The molecule has 1 N–H and O–H groups in total. The smallest absolute Gasteiger partial charge is 0.128 e. The van der Waals surface area contributed by atoms with E-state index in [0.29, 0.717) is 5.75 Å². The van der Waals surface area contributed by atoms with Crippen molar-refractivity contribution in [2.24, 2.45) is 4.99 Å². The number of hydrogen-bond acceptors (Lipinski definition) is 2. The van der Waals surface area contributed by atoms with Crippen molar-refractivity contribution >= 4 is 6.21 Å². The maximum absolute atomic E-state index is 10.9. The fraction of sp³-hybridized carbons (Fsp3) is 0.788. The van der Waals surface area contributed by atoms with E-state index in [-0.39, 0.29) is 10.8 Å². The van der Waals surface area contributed by atoms with Crippen LogP contribution in [-0.4, -0.2) is 17.9 Å². The molecule has 0 aliphatic heterocycles. The summed E-state index contributed by atoms with van der Waals surface area (Å²) in [7, 11) is 0. The number of hydrogen-bond donors (Lipinski definition) is 1. The second-order valence-corrected chi connectivity index (χ2v) is 12.8. The number of aromatic hydroxyl groups is 1. The van der Waals surface area contributed by atoms with Crippen molar-refractivity contribution in [2.45, 2.75) is 162 Å². The van der Waals surface area contributed by atoms with E-state index in [1.807, 2.05) is 6.21 Å². The standard InChI is InChI=1S/C33H59NO/c1-8-9-10-11-12-13-14-15-16-17-18-19-20-21-22-23-24-34-27-28-25-29(32(2,3)4)26-30(31(28)35)33(5,6)7/h25-27,35H,8-24H2,1-7H3. The Morgan fingerprint density at radius 3 is 1.46 bits per heavy atom. The Labute approximate surface area is 219 Å². The zero-order valence-corrected chi connectivity index (χ0v) is 24.6. The second-order valence-electron chi connectivity index (χ2n) is 12.8. The molecule has 0 aromatic heterocycles. The van der Waals surface area contributed by atoms with E-state index in [4.69, 9.17) is 0 Å². The first kappa shape index (κ1) is 31.7. The minimum Gasteiger partial charge on any atom is -0.507 e. The maximum atomic E-state index is 10.9. The predicted molar refractivity (Wildman–Crippen MR) is 158 cm³/mol. The summed E-state index contributed by atoms with van der Waals surface area (Å²) in [5.74, 6) is 0.390. The SMILES string of the molecule is CCCCCCCCCCCCCCCCCCN=Cc1cc(C(C)(C)C)cc(C(C)(C)C)c1O. The molecule has 0 radical (unpaired) electrons. The van der Waals surface area contributed by atoms with E-state index in [1.165, 1.54) is 102 Å². The van der Waals surface area contributed by atoms with Gasteiger partial charge >= 0.3 is 0 Å². The van der Waals surface area contributed by atoms with Gasteiger partial charge in [-0.3, -0.25) is 4.99 Å². The molecule has 1 aromatic carbocycles. The average Bonchev–Trinajstić information content (AvgIpc) is 2.77. The molecule has 35 heavy (non-hydrogen) atoms. The second kappa shape index (κ2) is 17.2.